The monoisotopic (exact) mass is 620 g/mol. The van der Waals surface area contributed by atoms with Crippen LogP contribution in [0, 0.1) is 13.0 Å². The summed E-state index contributed by atoms with van der Waals surface area (Å²) >= 11 is 0. The normalized spacial score (nSPS) is 10.9. The molecule has 0 aliphatic rings. The van der Waals surface area contributed by atoms with E-state index >= 15 is 0 Å². The maximum Gasteiger partial charge on any atom is 0.180 e. The van der Waals surface area contributed by atoms with Gasteiger partial charge in [0.25, 0.3) is 0 Å². The first kappa shape index (κ1) is 22.0. The molecule has 0 fully saturated rings. The summed E-state index contributed by atoms with van der Waals surface area (Å²) in [6.07, 6.45) is 1.58. The first-order valence-electron chi connectivity index (χ1n) is 10.7. The molecule has 2 aromatic heterocycles. The van der Waals surface area contributed by atoms with Crippen LogP contribution >= 0.6 is 0 Å². The fourth-order valence-corrected chi connectivity index (χ4v) is 4.18. The van der Waals surface area contributed by atoms with Gasteiger partial charge in [0.1, 0.15) is 6.33 Å². The van der Waals surface area contributed by atoms with E-state index in [4.69, 9.17) is 4.42 Å². The second-order valence-corrected chi connectivity index (χ2v) is 7.76. The zero-order chi connectivity index (χ0) is 22.2. The van der Waals surface area contributed by atoms with Crippen LogP contribution in [0.25, 0.3) is 50.4 Å². The average Bonchev–Trinajstić information content (AvgIpc) is 3.50. The second kappa shape index (κ2) is 9.18. The zero-order valence-corrected chi connectivity index (χ0v) is 20.7. The molecule has 6 rings (SSSR count). The van der Waals surface area contributed by atoms with Crippen LogP contribution in [-0.4, -0.2) is 19.7 Å². The summed E-state index contributed by atoms with van der Waals surface area (Å²) in [5.41, 5.74) is 7.59. The molecule has 4 aromatic carbocycles. The molecule has 0 bridgehead atoms. The van der Waals surface area contributed by atoms with Crippen molar-refractivity contribution < 1.29 is 24.5 Å². The molecule has 0 saturated heterocycles. The Hall–Kier alpha value is -3.86. The van der Waals surface area contributed by atoms with Gasteiger partial charge in [-0.25, -0.2) is 0 Å². The van der Waals surface area contributed by atoms with E-state index < -0.39 is 0 Å². The number of oxazole rings is 1. The van der Waals surface area contributed by atoms with Crippen LogP contribution in [0.15, 0.2) is 102 Å². The van der Waals surface area contributed by atoms with E-state index in [1.807, 2.05) is 60.1 Å². The van der Waals surface area contributed by atoms with Crippen LogP contribution in [0.3, 0.4) is 0 Å². The topological polar surface area (TPSA) is 56.7 Å². The second-order valence-electron chi connectivity index (χ2n) is 7.76. The molecular weight excluding hydrogens is 601 g/mol. The van der Waals surface area contributed by atoms with Crippen molar-refractivity contribution in [3.05, 3.63) is 109 Å². The smallest absolute Gasteiger partial charge is 0.180 e. The Balaban J connectivity index is 0.00000241. The van der Waals surface area contributed by atoms with Gasteiger partial charge in [0.15, 0.2) is 5.89 Å². The minimum atomic E-state index is 0. The van der Waals surface area contributed by atoms with Gasteiger partial charge in [-0.05, 0) is 11.1 Å². The first-order valence-corrected chi connectivity index (χ1v) is 10.7. The van der Waals surface area contributed by atoms with Crippen LogP contribution in [0.5, 0.6) is 0 Å². The van der Waals surface area contributed by atoms with E-state index in [1.54, 1.807) is 6.33 Å². The molecule has 6 heteroatoms. The number of hydrogen-bond acceptors (Lipinski definition) is 4. The quantitative estimate of drug-likeness (QED) is 0.211. The van der Waals surface area contributed by atoms with E-state index in [2.05, 4.69) is 63.6 Å². The molecule has 6 aromatic rings. The van der Waals surface area contributed by atoms with E-state index in [0.717, 1.165) is 39.0 Å². The molecule has 0 unspecified atom stereocenters. The van der Waals surface area contributed by atoms with Crippen molar-refractivity contribution in [2.45, 2.75) is 6.92 Å². The zero-order valence-electron chi connectivity index (χ0n) is 18.3. The number of para-hydroxylation sites is 1. The van der Waals surface area contributed by atoms with Crippen molar-refractivity contribution in [2.75, 3.05) is 0 Å². The molecule has 0 spiro atoms. The van der Waals surface area contributed by atoms with Crippen molar-refractivity contribution in [3.63, 3.8) is 0 Å². The third-order valence-electron chi connectivity index (χ3n) is 5.63. The molecule has 0 aliphatic heterocycles. The Morgan fingerprint density at radius 2 is 1.47 bits per heavy atom. The summed E-state index contributed by atoms with van der Waals surface area (Å²) in [5.74, 6) is 1.31. The van der Waals surface area contributed by atoms with Gasteiger partial charge in [-0.1, -0.05) is 84.9 Å². The van der Waals surface area contributed by atoms with E-state index in [1.165, 1.54) is 0 Å². The van der Waals surface area contributed by atoms with Crippen molar-refractivity contribution in [1.29, 1.82) is 0 Å². The number of fused-ring (bicyclic) bond motifs is 1. The molecular formula is C28H19IrN4O-. The summed E-state index contributed by atoms with van der Waals surface area (Å²) in [6, 6.07) is 34.1. The molecule has 0 N–H and O–H groups in total. The summed E-state index contributed by atoms with van der Waals surface area (Å²) in [7, 11) is 0. The number of aromatic nitrogens is 4. The van der Waals surface area contributed by atoms with Crippen LogP contribution in [0.4, 0.5) is 0 Å². The number of aryl methyl sites for hydroxylation is 1. The van der Waals surface area contributed by atoms with Crippen molar-refractivity contribution in [1.82, 2.24) is 19.7 Å². The van der Waals surface area contributed by atoms with E-state index in [0.29, 0.717) is 17.3 Å². The van der Waals surface area contributed by atoms with Crippen molar-refractivity contribution >= 4 is 11.1 Å². The van der Waals surface area contributed by atoms with E-state index in [-0.39, 0.29) is 20.1 Å². The molecule has 0 atom stereocenters. The van der Waals surface area contributed by atoms with Crippen LogP contribution in [0.1, 0.15) is 5.89 Å². The average molecular weight is 620 g/mol. The third kappa shape index (κ3) is 3.87. The molecule has 34 heavy (non-hydrogen) atoms. The maximum absolute atomic E-state index is 5.75. The maximum atomic E-state index is 5.75. The predicted molar refractivity (Wildman–Crippen MR) is 129 cm³/mol. The number of hydrogen-bond donors (Lipinski definition) is 0. The number of benzene rings is 4. The van der Waals surface area contributed by atoms with Gasteiger partial charge in [-0.2, -0.15) is 5.10 Å². The Morgan fingerprint density at radius 3 is 2.12 bits per heavy atom. The molecule has 2 heterocycles. The largest absolute Gasteiger partial charge is 0.461 e. The van der Waals surface area contributed by atoms with Gasteiger partial charge in [-0.15, -0.1) is 17.7 Å². The van der Waals surface area contributed by atoms with Gasteiger partial charge in [0.2, 0.25) is 0 Å². The number of nitrogens with zero attached hydrogens (tertiary/aromatic N) is 4. The fraction of sp³-hybridized carbons (Fsp3) is 0.0357. The van der Waals surface area contributed by atoms with Gasteiger partial charge >= 0.3 is 0 Å². The summed E-state index contributed by atoms with van der Waals surface area (Å²) in [4.78, 5) is 8.99. The summed E-state index contributed by atoms with van der Waals surface area (Å²) in [5, 5.41) is 4.66. The molecule has 5 nitrogen and oxygen atoms in total. The molecule has 1 radical (unpaired) electrons. The first-order chi connectivity index (χ1) is 16.3. The van der Waals surface area contributed by atoms with Gasteiger partial charge < -0.3 is 4.42 Å². The van der Waals surface area contributed by atoms with Crippen molar-refractivity contribution in [3.8, 4) is 39.3 Å². The molecule has 0 amide bonds. The Bertz CT molecular complexity index is 1510. The SMILES string of the molecule is Cc1nc2c[c-]c(-c3ncnn3-c3c(-c4ccccc4)cccc3-c3ccccc3)cc2o1.[Ir]. The molecule has 0 saturated carbocycles. The van der Waals surface area contributed by atoms with Gasteiger partial charge in [-0.3, -0.25) is 14.6 Å². The minimum Gasteiger partial charge on any atom is -0.461 e. The van der Waals surface area contributed by atoms with Crippen LogP contribution in [-0.2, 0) is 20.1 Å². The standard InChI is InChI=1S/C28H19N4O.Ir/c1-19-31-25-16-15-22(17-26(25)33-19)28-29-18-30-32(28)27-23(20-9-4-2-5-10-20)13-8-14-24(27)21-11-6-3-7-12-21;/h2-14,16-18H,1H3;/q-1;. The molecule has 167 valence electrons. The minimum absolute atomic E-state index is 0. The number of rotatable bonds is 4. The summed E-state index contributed by atoms with van der Waals surface area (Å²) in [6.45, 7) is 1.84. The summed E-state index contributed by atoms with van der Waals surface area (Å²) < 4.78 is 7.64. The van der Waals surface area contributed by atoms with Crippen molar-refractivity contribution in [2.24, 2.45) is 0 Å². The van der Waals surface area contributed by atoms with Crippen LogP contribution in [0.2, 0.25) is 0 Å². The third-order valence-corrected chi connectivity index (χ3v) is 5.63. The molecule has 0 aliphatic carbocycles. The van der Waals surface area contributed by atoms with Crippen LogP contribution < -0.4 is 0 Å². The Morgan fingerprint density at radius 1 is 0.824 bits per heavy atom. The Kier molecular flexibility index (Phi) is 5.93. The van der Waals surface area contributed by atoms with Gasteiger partial charge in [0.05, 0.1) is 17.1 Å². The fourth-order valence-electron chi connectivity index (χ4n) is 4.18. The van der Waals surface area contributed by atoms with E-state index in [9.17, 15) is 0 Å². The Labute approximate surface area is 210 Å². The predicted octanol–water partition coefficient (Wildman–Crippen LogP) is 6.52. The van der Waals surface area contributed by atoms with Gasteiger partial charge in [0, 0.05) is 43.7 Å².